The second-order valence-electron chi connectivity index (χ2n) is 12.2. The largest absolute Gasteiger partial charge is 0.252 e. The van der Waals surface area contributed by atoms with Crippen LogP contribution in [0.1, 0.15) is 16.7 Å². The molecule has 0 unspecified atom stereocenters. The van der Waals surface area contributed by atoms with Gasteiger partial charge in [-0.15, -0.1) is 23.1 Å². The van der Waals surface area contributed by atoms with E-state index in [0.29, 0.717) is 9.90 Å². The minimum atomic E-state index is -3.35. The molecule has 0 spiro atoms. The van der Waals surface area contributed by atoms with E-state index in [0.717, 1.165) is 54.9 Å². The van der Waals surface area contributed by atoms with Gasteiger partial charge in [0.25, 0.3) is 0 Å². The van der Waals surface area contributed by atoms with Gasteiger partial charge in [-0.05, 0) is 64.9 Å². The molecule has 0 aliphatic rings. The first kappa shape index (κ1) is 32.8. The number of aromatic nitrogens is 4. The third kappa shape index (κ3) is 5.97. The zero-order valence-corrected chi connectivity index (χ0v) is 30.3. The predicted octanol–water partition coefficient (Wildman–Crippen LogP) is 9.85. The topological polar surface area (TPSA) is 77.7 Å². The van der Waals surface area contributed by atoms with Crippen molar-refractivity contribution in [2.24, 2.45) is 0 Å². The number of benzene rings is 5. The number of sulfone groups is 1. The summed E-state index contributed by atoms with van der Waals surface area (Å²) in [6.07, 6.45) is 6.98. The highest BCUT2D eigenvalue weighted by molar-refractivity contribution is 7.98. The summed E-state index contributed by atoms with van der Waals surface area (Å²) in [5.41, 5.74) is 7.60. The normalized spacial score (nSPS) is 12.0. The summed E-state index contributed by atoms with van der Waals surface area (Å²) in [6.45, 7) is 0. The first-order valence-electron chi connectivity index (χ1n) is 16.3. The molecular weight excluding hydrogens is 689 g/mol. The summed E-state index contributed by atoms with van der Waals surface area (Å²) in [5, 5.41) is 6.35. The molecule has 0 aliphatic heterocycles. The van der Waals surface area contributed by atoms with Crippen molar-refractivity contribution >= 4 is 43.8 Å². The number of rotatable bonds is 9. The Hall–Kier alpha value is -5.35. The summed E-state index contributed by atoms with van der Waals surface area (Å²) < 4.78 is 27.1. The van der Waals surface area contributed by atoms with Crippen LogP contribution in [0.25, 0.3) is 43.9 Å². The first-order chi connectivity index (χ1) is 24.9. The summed E-state index contributed by atoms with van der Waals surface area (Å²) in [7, 11) is -3.35. The SMILES string of the molecule is CSc1ccc(-c2nn(C(c3ccccc3)(c3ccccc3)c3ccccc3)cc2-c2ccc3ncnc(-c4ccc(S(C)(=O)=O)s4)c3c2)cc1. The smallest absolute Gasteiger partial charge is 0.184 e. The van der Waals surface area contributed by atoms with Crippen LogP contribution in [0.2, 0.25) is 0 Å². The van der Waals surface area contributed by atoms with Crippen molar-refractivity contribution in [1.82, 2.24) is 19.7 Å². The zero-order chi connectivity index (χ0) is 35.0. The lowest BCUT2D eigenvalue weighted by atomic mass is 9.77. The Morgan fingerprint density at radius 3 is 1.80 bits per heavy atom. The molecule has 0 aliphatic carbocycles. The van der Waals surface area contributed by atoms with Crippen molar-refractivity contribution in [2.75, 3.05) is 12.5 Å². The van der Waals surface area contributed by atoms with Crippen molar-refractivity contribution in [2.45, 2.75) is 14.6 Å². The number of thioether (sulfide) groups is 1. The van der Waals surface area contributed by atoms with Crippen LogP contribution in [0.15, 0.2) is 167 Å². The minimum Gasteiger partial charge on any atom is -0.252 e. The molecule has 8 aromatic rings. The molecule has 0 radical (unpaired) electrons. The number of hydrogen-bond donors (Lipinski definition) is 0. The molecular formula is C42H32N4O2S3. The van der Waals surface area contributed by atoms with Gasteiger partial charge in [-0.3, -0.25) is 4.68 Å². The van der Waals surface area contributed by atoms with Crippen LogP contribution in [0.3, 0.4) is 0 Å². The van der Waals surface area contributed by atoms with Gasteiger partial charge in [0.05, 0.1) is 16.1 Å². The molecule has 8 rings (SSSR count). The molecule has 3 heterocycles. The van der Waals surface area contributed by atoms with E-state index >= 15 is 0 Å². The fourth-order valence-corrected chi connectivity index (χ4v) is 9.07. The lowest BCUT2D eigenvalue weighted by molar-refractivity contribution is 0.461. The van der Waals surface area contributed by atoms with Gasteiger partial charge in [0, 0.05) is 33.9 Å². The van der Waals surface area contributed by atoms with E-state index in [-0.39, 0.29) is 0 Å². The molecule has 0 fully saturated rings. The van der Waals surface area contributed by atoms with Crippen LogP contribution in [0.4, 0.5) is 0 Å². The summed E-state index contributed by atoms with van der Waals surface area (Å²) >= 11 is 2.92. The molecule has 51 heavy (non-hydrogen) atoms. The van der Waals surface area contributed by atoms with Gasteiger partial charge in [-0.2, -0.15) is 5.10 Å². The van der Waals surface area contributed by atoms with Crippen LogP contribution in [0.5, 0.6) is 0 Å². The van der Waals surface area contributed by atoms with Crippen LogP contribution >= 0.6 is 23.1 Å². The van der Waals surface area contributed by atoms with Gasteiger partial charge in [0.15, 0.2) is 9.84 Å². The molecule has 0 N–H and O–H groups in total. The van der Waals surface area contributed by atoms with E-state index in [4.69, 9.17) is 5.10 Å². The summed E-state index contributed by atoms with van der Waals surface area (Å²) in [4.78, 5) is 11.2. The average molecular weight is 721 g/mol. The maximum absolute atomic E-state index is 12.4. The lowest BCUT2D eigenvalue weighted by Crippen LogP contribution is -2.38. The maximum Gasteiger partial charge on any atom is 0.184 e. The van der Waals surface area contributed by atoms with Crippen molar-refractivity contribution < 1.29 is 8.42 Å². The Labute approximate surface area is 305 Å². The first-order valence-corrected chi connectivity index (χ1v) is 20.3. The van der Waals surface area contributed by atoms with Crippen LogP contribution < -0.4 is 0 Å². The average Bonchev–Trinajstić information content (AvgIpc) is 3.86. The fourth-order valence-electron chi connectivity index (χ4n) is 6.72. The molecule has 0 atom stereocenters. The monoisotopic (exact) mass is 720 g/mol. The van der Waals surface area contributed by atoms with Gasteiger partial charge in [-0.25, -0.2) is 18.4 Å². The molecule has 0 saturated heterocycles. The highest BCUT2D eigenvalue weighted by Crippen LogP contribution is 2.44. The number of nitrogens with zero attached hydrogens (tertiary/aromatic N) is 4. The maximum atomic E-state index is 12.4. The van der Waals surface area contributed by atoms with Crippen molar-refractivity contribution in [3.8, 4) is 33.0 Å². The minimum absolute atomic E-state index is 0.303. The molecule has 0 bridgehead atoms. The third-order valence-electron chi connectivity index (χ3n) is 9.12. The standard InChI is InChI=1S/C42H32N4O2S3/c1-49-34-21-18-29(19-22-34)40-36(30-20-23-37-35(26-30)41(44-28-43-37)38-24-25-39(50-38)51(2,47)48)27-46(45-40)42(31-12-6-3-7-13-31,32-14-8-4-9-15-32)33-16-10-5-11-17-33/h3-28H,1-2H3. The molecule has 0 saturated carbocycles. The predicted molar refractivity (Wildman–Crippen MR) is 209 cm³/mol. The lowest BCUT2D eigenvalue weighted by Gasteiger charge is -2.36. The quantitative estimate of drug-likeness (QED) is 0.109. The van der Waals surface area contributed by atoms with Gasteiger partial charge < -0.3 is 0 Å². The Morgan fingerprint density at radius 1 is 0.667 bits per heavy atom. The van der Waals surface area contributed by atoms with Crippen molar-refractivity contribution in [3.05, 3.63) is 175 Å². The molecule has 6 nitrogen and oxygen atoms in total. The highest BCUT2D eigenvalue weighted by atomic mass is 32.2. The van der Waals surface area contributed by atoms with Crippen LogP contribution in [-0.2, 0) is 15.4 Å². The fraction of sp³-hybridized carbons (Fsp3) is 0.0714. The van der Waals surface area contributed by atoms with Crippen molar-refractivity contribution in [3.63, 3.8) is 0 Å². The van der Waals surface area contributed by atoms with E-state index in [1.165, 1.54) is 28.8 Å². The van der Waals surface area contributed by atoms with E-state index in [2.05, 4.69) is 136 Å². The number of fused-ring (bicyclic) bond motifs is 1. The second kappa shape index (κ2) is 13.4. The van der Waals surface area contributed by atoms with E-state index in [1.807, 2.05) is 30.3 Å². The Morgan fingerprint density at radius 2 is 1.25 bits per heavy atom. The van der Waals surface area contributed by atoms with Gasteiger partial charge >= 0.3 is 0 Å². The molecule has 250 valence electrons. The third-order valence-corrected chi connectivity index (χ3v) is 12.8. The van der Waals surface area contributed by atoms with E-state index in [1.54, 1.807) is 17.8 Å². The number of hydrogen-bond acceptors (Lipinski definition) is 7. The Bertz CT molecular complexity index is 2490. The van der Waals surface area contributed by atoms with Gasteiger partial charge in [0.2, 0.25) is 0 Å². The Balaban J connectivity index is 1.42. The molecule has 0 amide bonds. The zero-order valence-electron chi connectivity index (χ0n) is 27.8. The van der Waals surface area contributed by atoms with Crippen LogP contribution in [0, 0.1) is 0 Å². The molecule has 3 aromatic heterocycles. The second-order valence-corrected chi connectivity index (χ2v) is 16.4. The van der Waals surface area contributed by atoms with Crippen LogP contribution in [-0.4, -0.2) is 40.7 Å². The molecule has 9 heteroatoms. The van der Waals surface area contributed by atoms with E-state index < -0.39 is 15.4 Å². The van der Waals surface area contributed by atoms with Gasteiger partial charge in [-0.1, -0.05) is 109 Å². The molecule has 5 aromatic carbocycles. The number of thiophene rings is 1. The van der Waals surface area contributed by atoms with Crippen molar-refractivity contribution in [1.29, 1.82) is 0 Å². The summed E-state index contributed by atoms with van der Waals surface area (Å²) in [5.74, 6) is 0. The summed E-state index contributed by atoms with van der Waals surface area (Å²) in [6, 6.07) is 49.7. The van der Waals surface area contributed by atoms with E-state index in [9.17, 15) is 8.42 Å². The Kier molecular flexibility index (Phi) is 8.63. The van der Waals surface area contributed by atoms with Gasteiger partial charge in [0.1, 0.15) is 21.8 Å². The highest BCUT2D eigenvalue weighted by Gasteiger charge is 2.40.